The predicted octanol–water partition coefficient (Wildman–Crippen LogP) is 2.68. The van der Waals surface area contributed by atoms with E-state index < -0.39 is 5.82 Å². The molecule has 5 heteroatoms. The van der Waals surface area contributed by atoms with Crippen molar-refractivity contribution in [2.24, 2.45) is 0 Å². The smallest absolute Gasteiger partial charge is 0.252 e. The second-order valence-corrected chi connectivity index (χ2v) is 4.71. The molecule has 1 aromatic carbocycles. The molecule has 0 heterocycles. The standard InChI is InChI=1S/C10H11BrFNOS/c1-15-5-4-13-10(14)8-6-7(12)2-3-9(8)11/h2-3,6H,4-5H2,1H3,(H,13,14). The zero-order valence-electron chi connectivity index (χ0n) is 8.22. The van der Waals surface area contributed by atoms with E-state index in [1.165, 1.54) is 18.2 Å². The molecule has 0 fully saturated rings. The van der Waals surface area contributed by atoms with Crippen LogP contribution < -0.4 is 5.32 Å². The van der Waals surface area contributed by atoms with Crippen molar-refractivity contribution in [1.29, 1.82) is 0 Å². The molecule has 0 saturated heterocycles. The van der Waals surface area contributed by atoms with E-state index in [4.69, 9.17) is 0 Å². The fourth-order valence-electron chi connectivity index (χ4n) is 1.03. The van der Waals surface area contributed by atoms with E-state index in [0.717, 1.165) is 5.75 Å². The molecule has 0 saturated carbocycles. The van der Waals surface area contributed by atoms with Gasteiger partial charge < -0.3 is 5.32 Å². The SMILES string of the molecule is CSCCNC(=O)c1cc(F)ccc1Br. The molecule has 0 aliphatic rings. The van der Waals surface area contributed by atoms with Crippen LogP contribution in [0.15, 0.2) is 22.7 Å². The van der Waals surface area contributed by atoms with Crippen LogP contribution in [0.5, 0.6) is 0 Å². The highest BCUT2D eigenvalue weighted by Gasteiger charge is 2.09. The fourth-order valence-corrected chi connectivity index (χ4v) is 1.77. The van der Waals surface area contributed by atoms with Crippen LogP contribution >= 0.6 is 27.7 Å². The summed E-state index contributed by atoms with van der Waals surface area (Å²) in [5.41, 5.74) is 0.330. The Hall–Kier alpha value is -0.550. The lowest BCUT2D eigenvalue weighted by atomic mass is 10.2. The Balaban J connectivity index is 2.68. The van der Waals surface area contributed by atoms with Crippen LogP contribution in [0.25, 0.3) is 0 Å². The van der Waals surface area contributed by atoms with Crippen molar-refractivity contribution >= 4 is 33.6 Å². The summed E-state index contributed by atoms with van der Waals surface area (Å²) in [4.78, 5) is 11.6. The van der Waals surface area contributed by atoms with E-state index in [1.807, 2.05) is 6.26 Å². The van der Waals surface area contributed by atoms with Gasteiger partial charge in [-0.25, -0.2) is 4.39 Å². The topological polar surface area (TPSA) is 29.1 Å². The van der Waals surface area contributed by atoms with E-state index in [9.17, 15) is 9.18 Å². The minimum Gasteiger partial charge on any atom is -0.351 e. The Kier molecular flexibility index (Phi) is 5.11. The van der Waals surface area contributed by atoms with Gasteiger partial charge in [0, 0.05) is 16.8 Å². The minimum atomic E-state index is -0.409. The highest BCUT2D eigenvalue weighted by molar-refractivity contribution is 9.10. The maximum Gasteiger partial charge on any atom is 0.252 e. The molecule has 0 spiro atoms. The number of nitrogens with one attached hydrogen (secondary N) is 1. The summed E-state index contributed by atoms with van der Waals surface area (Å²) in [5.74, 6) is 0.183. The quantitative estimate of drug-likeness (QED) is 0.864. The Labute approximate surface area is 101 Å². The summed E-state index contributed by atoms with van der Waals surface area (Å²) < 4.78 is 13.5. The van der Waals surface area contributed by atoms with E-state index in [2.05, 4.69) is 21.2 Å². The number of amides is 1. The molecule has 0 aliphatic heterocycles. The number of carbonyl (C=O) groups is 1. The van der Waals surface area contributed by atoms with Crippen LogP contribution in [0.3, 0.4) is 0 Å². The molecular weight excluding hydrogens is 281 g/mol. The van der Waals surface area contributed by atoms with Crippen LogP contribution in [0, 0.1) is 5.82 Å². The van der Waals surface area contributed by atoms with Gasteiger partial charge in [0.1, 0.15) is 5.82 Å². The van der Waals surface area contributed by atoms with Crippen molar-refractivity contribution in [2.45, 2.75) is 0 Å². The Morgan fingerprint density at radius 2 is 2.33 bits per heavy atom. The zero-order valence-corrected chi connectivity index (χ0v) is 10.6. The largest absolute Gasteiger partial charge is 0.351 e. The Morgan fingerprint density at radius 3 is 3.00 bits per heavy atom. The first kappa shape index (κ1) is 12.5. The monoisotopic (exact) mass is 291 g/mol. The average Bonchev–Trinajstić information content (AvgIpc) is 2.22. The molecule has 2 nitrogen and oxygen atoms in total. The van der Waals surface area contributed by atoms with Crippen LogP contribution in [0.4, 0.5) is 4.39 Å². The highest BCUT2D eigenvalue weighted by Crippen LogP contribution is 2.17. The number of hydrogen-bond donors (Lipinski definition) is 1. The molecule has 15 heavy (non-hydrogen) atoms. The van der Waals surface area contributed by atoms with Gasteiger partial charge in [-0.1, -0.05) is 0 Å². The van der Waals surface area contributed by atoms with E-state index in [-0.39, 0.29) is 5.91 Å². The van der Waals surface area contributed by atoms with Crippen molar-refractivity contribution in [2.75, 3.05) is 18.6 Å². The molecule has 0 bridgehead atoms. The molecule has 82 valence electrons. The van der Waals surface area contributed by atoms with Gasteiger partial charge >= 0.3 is 0 Å². The molecule has 1 aromatic rings. The molecule has 0 aliphatic carbocycles. The van der Waals surface area contributed by atoms with Gasteiger partial charge in [-0.15, -0.1) is 0 Å². The van der Waals surface area contributed by atoms with Gasteiger partial charge in [0.2, 0.25) is 0 Å². The number of halogens is 2. The van der Waals surface area contributed by atoms with Gasteiger partial charge in [0.15, 0.2) is 0 Å². The van der Waals surface area contributed by atoms with Gasteiger partial charge in [0.25, 0.3) is 5.91 Å². The first-order valence-corrected chi connectivity index (χ1v) is 6.56. The van der Waals surface area contributed by atoms with Gasteiger partial charge in [-0.05, 0) is 40.4 Å². The second-order valence-electron chi connectivity index (χ2n) is 2.87. The van der Waals surface area contributed by atoms with Crippen LogP contribution in [0.1, 0.15) is 10.4 Å². The third-order valence-corrected chi connectivity index (χ3v) is 3.07. The summed E-state index contributed by atoms with van der Waals surface area (Å²) in [5, 5.41) is 2.71. The predicted molar refractivity (Wildman–Crippen MR) is 64.8 cm³/mol. The van der Waals surface area contributed by atoms with E-state index in [1.54, 1.807) is 11.8 Å². The fraction of sp³-hybridized carbons (Fsp3) is 0.300. The number of benzene rings is 1. The van der Waals surface area contributed by atoms with Crippen LogP contribution in [-0.4, -0.2) is 24.5 Å². The molecule has 1 amide bonds. The van der Waals surface area contributed by atoms with Crippen molar-refractivity contribution in [1.82, 2.24) is 5.32 Å². The van der Waals surface area contributed by atoms with Gasteiger partial charge in [-0.2, -0.15) is 11.8 Å². The average molecular weight is 292 g/mol. The maximum absolute atomic E-state index is 12.9. The second kappa shape index (κ2) is 6.12. The first-order chi connectivity index (χ1) is 7.15. The van der Waals surface area contributed by atoms with Crippen molar-refractivity contribution < 1.29 is 9.18 Å². The third-order valence-electron chi connectivity index (χ3n) is 1.76. The number of rotatable bonds is 4. The lowest BCUT2D eigenvalue weighted by molar-refractivity contribution is 0.0955. The lowest BCUT2D eigenvalue weighted by Gasteiger charge is -2.05. The van der Waals surface area contributed by atoms with Gasteiger partial charge in [0.05, 0.1) is 5.56 Å². The Bertz CT molecular complexity index is 359. The van der Waals surface area contributed by atoms with E-state index in [0.29, 0.717) is 16.6 Å². The molecular formula is C10H11BrFNOS. The number of thioether (sulfide) groups is 1. The van der Waals surface area contributed by atoms with Crippen LogP contribution in [-0.2, 0) is 0 Å². The number of hydrogen-bond acceptors (Lipinski definition) is 2. The Morgan fingerprint density at radius 1 is 1.60 bits per heavy atom. The third kappa shape index (κ3) is 3.83. The normalized spacial score (nSPS) is 10.1. The maximum atomic E-state index is 12.9. The molecule has 0 aromatic heterocycles. The summed E-state index contributed by atoms with van der Waals surface area (Å²) in [7, 11) is 0. The van der Waals surface area contributed by atoms with Gasteiger partial charge in [-0.3, -0.25) is 4.79 Å². The lowest BCUT2D eigenvalue weighted by Crippen LogP contribution is -2.26. The summed E-state index contributed by atoms with van der Waals surface area (Å²) >= 11 is 4.85. The highest BCUT2D eigenvalue weighted by atomic mass is 79.9. The van der Waals surface area contributed by atoms with Crippen molar-refractivity contribution in [3.63, 3.8) is 0 Å². The summed E-state index contributed by atoms with van der Waals surface area (Å²) in [6.45, 7) is 0.586. The van der Waals surface area contributed by atoms with Crippen LogP contribution in [0.2, 0.25) is 0 Å². The van der Waals surface area contributed by atoms with Crippen molar-refractivity contribution in [3.05, 3.63) is 34.1 Å². The molecule has 0 atom stereocenters. The molecule has 1 N–H and O–H groups in total. The van der Waals surface area contributed by atoms with Crippen molar-refractivity contribution in [3.8, 4) is 0 Å². The summed E-state index contributed by atoms with van der Waals surface area (Å²) in [6, 6.07) is 4.06. The molecule has 0 unspecified atom stereocenters. The molecule has 0 radical (unpaired) electrons. The first-order valence-electron chi connectivity index (χ1n) is 4.37. The molecule has 1 rings (SSSR count). The number of carbonyl (C=O) groups excluding carboxylic acids is 1. The minimum absolute atomic E-state index is 0.254. The van der Waals surface area contributed by atoms with E-state index >= 15 is 0 Å². The zero-order chi connectivity index (χ0) is 11.3. The summed E-state index contributed by atoms with van der Waals surface area (Å²) in [6.07, 6.45) is 1.96.